The van der Waals surface area contributed by atoms with Crippen molar-refractivity contribution in [3.8, 4) is 5.75 Å². The fourth-order valence-electron chi connectivity index (χ4n) is 3.38. The molecule has 0 spiro atoms. The van der Waals surface area contributed by atoms with Crippen LogP contribution in [0.4, 0.5) is 16.2 Å². The van der Waals surface area contributed by atoms with E-state index < -0.39 is 4.92 Å². The third-order valence-corrected chi connectivity index (χ3v) is 4.70. The minimum absolute atomic E-state index is 0.0280. The van der Waals surface area contributed by atoms with E-state index in [1.807, 2.05) is 30.0 Å². The molecule has 7 nitrogen and oxygen atoms in total. The molecule has 3 rings (SSSR count). The average Bonchev–Trinajstić information content (AvgIpc) is 3.11. The average molecular weight is 355 g/mol. The number of aryl methyl sites for hydroxylation is 1. The Morgan fingerprint density at radius 1 is 1.31 bits per heavy atom. The van der Waals surface area contributed by atoms with Crippen LogP contribution in [-0.4, -0.2) is 29.5 Å². The molecule has 1 aliphatic heterocycles. The van der Waals surface area contributed by atoms with Crippen molar-refractivity contribution in [3.63, 3.8) is 0 Å². The Labute approximate surface area is 151 Å². The monoisotopic (exact) mass is 355 g/mol. The molecule has 2 amide bonds. The zero-order valence-electron chi connectivity index (χ0n) is 14.8. The molecule has 1 N–H and O–H groups in total. The molecule has 1 aliphatic rings. The van der Waals surface area contributed by atoms with Crippen molar-refractivity contribution in [2.24, 2.45) is 0 Å². The summed E-state index contributed by atoms with van der Waals surface area (Å²) in [4.78, 5) is 25.0. The van der Waals surface area contributed by atoms with Gasteiger partial charge < -0.3 is 15.0 Å². The Kier molecular flexibility index (Phi) is 5.06. The summed E-state index contributed by atoms with van der Waals surface area (Å²) < 4.78 is 5.19. The molecule has 0 aromatic heterocycles. The molecule has 1 heterocycles. The smallest absolute Gasteiger partial charge is 0.322 e. The van der Waals surface area contributed by atoms with Gasteiger partial charge in [-0.25, -0.2) is 4.79 Å². The molecule has 0 saturated carbocycles. The summed E-state index contributed by atoms with van der Waals surface area (Å²) in [5.74, 6) is 0.263. The SMILES string of the molecule is COc1cc([N+](=O)[O-])ccc1NC(=O)N1CCCC1c1ccccc1C. The van der Waals surface area contributed by atoms with Gasteiger partial charge in [-0.1, -0.05) is 24.3 Å². The normalized spacial score (nSPS) is 16.4. The molecule has 0 aliphatic carbocycles. The van der Waals surface area contributed by atoms with Crippen molar-refractivity contribution >= 4 is 17.4 Å². The first-order valence-electron chi connectivity index (χ1n) is 8.47. The Morgan fingerprint density at radius 2 is 2.08 bits per heavy atom. The first-order chi connectivity index (χ1) is 12.5. The van der Waals surface area contributed by atoms with Crippen LogP contribution in [0.15, 0.2) is 42.5 Å². The molecule has 2 aromatic carbocycles. The van der Waals surface area contributed by atoms with Crippen molar-refractivity contribution in [2.75, 3.05) is 19.0 Å². The number of carbonyl (C=O) groups is 1. The number of amides is 2. The first-order valence-corrected chi connectivity index (χ1v) is 8.47. The molecule has 1 fully saturated rings. The van der Waals surface area contributed by atoms with Crippen molar-refractivity contribution in [2.45, 2.75) is 25.8 Å². The number of nitro groups is 1. The van der Waals surface area contributed by atoms with E-state index in [0.717, 1.165) is 24.0 Å². The molecule has 26 heavy (non-hydrogen) atoms. The van der Waals surface area contributed by atoms with E-state index in [1.54, 1.807) is 0 Å². The highest BCUT2D eigenvalue weighted by Crippen LogP contribution is 2.35. The van der Waals surface area contributed by atoms with Crippen molar-refractivity contribution in [1.82, 2.24) is 4.90 Å². The number of likely N-dealkylation sites (tertiary alicyclic amines) is 1. The minimum Gasteiger partial charge on any atom is -0.494 e. The molecular weight excluding hydrogens is 334 g/mol. The topological polar surface area (TPSA) is 84.7 Å². The van der Waals surface area contributed by atoms with E-state index >= 15 is 0 Å². The van der Waals surface area contributed by atoms with Crippen LogP contribution in [0.5, 0.6) is 5.75 Å². The van der Waals surface area contributed by atoms with Crippen molar-refractivity contribution < 1.29 is 14.5 Å². The van der Waals surface area contributed by atoms with Gasteiger partial charge in [-0.2, -0.15) is 0 Å². The zero-order valence-corrected chi connectivity index (χ0v) is 14.8. The second-order valence-corrected chi connectivity index (χ2v) is 6.28. The van der Waals surface area contributed by atoms with Crippen LogP contribution in [-0.2, 0) is 0 Å². The predicted octanol–water partition coefficient (Wildman–Crippen LogP) is 4.28. The van der Waals surface area contributed by atoms with Crippen molar-refractivity contribution in [3.05, 3.63) is 63.7 Å². The van der Waals surface area contributed by atoms with Gasteiger partial charge in [-0.05, 0) is 37.0 Å². The molecule has 0 radical (unpaired) electrons. The van der Waals surface area contributed by atoms with Gasteiger partial charge in [-0.15, -0.1) is 0 Å². The third-order valence-electron chi connectivity index (χ3n) is 4.70. The number of rotatable bonds is 4. The minimum atomic E-state index is -0.497. The van der Waals surface area contributed by atoms with Gasteiger partial charge in [0.25, 0.3) is 5.69 Å². The van der Waals surface area contributed by atoms with E-state index in [4.69, 9.17) is 4.74 Å². The van der Waals surface area contributed by atoms with Crippen LogP contribution in [0.2, 0.25) is 0 Å². The third kappa shape index (κ3) is 3.46. The van der Waals surface area contributed by atoms with Gasteiger partial charge in [0.2, 0.25) is 0 Å². The summed E-state index contributed by atoms with van der Waals surface area (Å²) in [5, 5.41) is 13.7. The van der Waals surface area contributed by atoms with Gasteiger partial charge in [0, 0.05) is 12.6 Å². The number of benzene rings is 2. The lowest BCUT2D eigenvalue weighted by atomic mass is 9.99. The lowest BCUT2D eigenvalue weighted by Crippen LogP contribution is -2.34. The van der Waals surface area contributed by atoms with E-state index in [0.29, 0.717) is 12.2 Å². The summed E-state index contributed by atoms with van der Waals surface area (Å²) in [7, 11) is 1.42. The fraction of sp³-hybridized carbons (Fsp3) is 0.316. The summed E-state index contributed by atoms with van der Waals surface area (Å²) in [6, 6.07) is 12.0. The highest BCUT2D eigenvalue weighted by Gasteiger charge is 2.31. The Morgan fingerprint density at radius 3 is 2.77 bits per heavy atom. The van der Waals surface area contributed by atoms with Gasteiger partial charge in [-0.3, -0.25) is 10.1 Å². The predicted molar refractivity (Wildman–Crippen MR) is 98.5 cm³/mol. The summed E-state index contributed by atoms with van der Waals surface area (Å²) in [5.41, 5.74) is 2.64. The lowest BCUT2D eigenvalue weighted by Gasteiger charge is -2.26. The molecular formula is C19H21N3O4. The Balaban J connectivity index is 1.81. The summed E-state index contributed by atoms with van der Waals surface area (Å²) in [6.45, 7) is 2.71. The Hall–Kier alpha value is -3.09. The second kappa shape index (κ2) is 7.43. The van der Waals surface area contributed by atoms with Crippen LogP contribution in [0.3, 0.4) is 0 Å². The van der Waals surface area contributed by atoms with Crippen LogP contribution >= 0.6 is 0 Å². The maximum absolute atomic E-state index is 12.8. The van der Waals surface area contributed by atoms with Crippen LogP contribution in [0.25, 0.3) is 0 Å². The maximum atomic E-state index is 12.8. The largest absolute Gasteiger partial charge is 0.494 e. The molecule has 1 saturated heterocycles. The number of methoxy groups -OCH3 is 1. The summed E-state index contributed by atoms with van der Waals surface area (Å²) in [6.07, 6.45) is 1.85. The van der Waals surface area contributed by atoms with Gasteiger partial charge in [0.1, 0.15) is 5.75 Å². The van der Waals surface area contributed by atoms with Gasteiger partial charge in [0.05, 0.1) is 29.8 Å². The van der Waals surface area contributed by atoms with Crippen molar-refractivity contribution in [1.29, 1.82) is 0 Å². The number of hydrogen-bond donors (Lipinski definition) is 1. The zero-order chi connectivity index (χ0) is 18.7. The quantitative estimate of drug-likeness (QED) is 0.655. The molecule has 136 valence electrons. The second-order valence-electron chi connectivity index (χ2n) is 6.28. The van der Waals surface area contributed by atoms with Gasteiger partial charge >= 0.3 is 6.03 Å². The number of nitro benzene ring substituents is 1. The number of urea groups is 1. The number of anilines is 1. The molecule has 0 bridgehead atoms. The first kappa shape index (κ1) is 17.7. The number of ether oxygens (including phenoxy) is 1. The summed E-state index contributed by atoms with van der Waals surface area (Å²) >= 11 is 0. The number of non-ortho nitro benzene ring substituents is 1. The fourth-order valence-corrected chi connectivity index (χ4v) is 3.38. The standard InChI is InChI=1S/C19H21N3O4/c1-13-6-3-4-7-15(13)17-8-5-11-21(17)19(23)20-16-10-9-14(22(24)25)12-18(16)26-2/h3-4,6-7,9-10,12,17H,5,8,11H2,1-2H3,(H,20,23). The maximum Gasteiger partial charge on any atom is 0.322 e. The highest BCUT2D eigenvalue weighted by atomic mass is 16.6. The van der Waals surface area contributed by atoms with Gasteiger partial charge in [0.15, 0.2) is 0 Å². The molecule has 2 aromatic rings. The number of nitrogens with one attached hydrogen (secondary N) is 1. The van der Waals surface area contributed by atoms with E-state index in [2.05, 4.69) is 11.4 Å². The van der Waals surface area contributed by atoms with Crippen LogP contribution in [0, 0.1) is 17.0 Å². The Bertz CT molecular complexity index is 837. The van der Waals surface area contributed by atoms with Crippen LogP contribution < -0.4 is 10.1 Å². The van der Waals surface area contributed by atoms with E-state index in [-0.39, 0.29) is 23.5 Å². The molecule has 1 unspecified atom stereocenters. The number of hydrogen-bond acceptors (Lipinski definition) is 4. The highest BCUT2D eigenvalue weighted by molar-refractivity contribution is 5.91. The number of carbonyl (C=O) groups excluding carboxylic acids is 1. The lowest BCUT2D eigenvalue weighted by molar-refractivity contribution is -0.384. The van der Waals surface area contributed by atoms with Crippen LogP contribution in [0.1, 0.15) is 30.0 Å². The molecule has 1 atom stereocenters. The van der Waals surface area contributed by atoms with E-state index in [9.17, 15) is 14.9 Å². The number of nitrogens with zero attached hydrogens (tertiary/aromatic N) is 2. The molecule has 7 heteroatoms. The van der Waals surface area contributed by atoms with E-state index in [1.165, 1.54) is 25.3 Å².